The lowest BCUT2D eigenvalue weighted by Gasteiger charge is -1.97. The normalized spacial score (nSPS) is 10.8. The van der Waals surface area contributed by atoms with Gasteiger partial charge in [0.25, 0.3) is 5.22 Å². The zero-order chi connectivity index (χ0) is 11.7. The Morgan fingerprint density at radius 3 is 2.76 bits per heavy atom. The van der Waals surface area contributed by atoms with E-state index in [1.54, 1.807) is 12.4 Å². The van der Waals surface area contributed by atoms with Gasteiger partial charge >= 0.3 is 0 Å². The van der Waals surface area contributed by atoms with Gasteiger partial charge in [0.1, 0.15) is 10.5 Å². The van der Waals surface area contributed by atoms with Crippen molar-refractivity contribution in [3.63, 3.8) is 0 Å². The minimum absolute atomic E-state index is 0.375. The molecule has 2 aromatic heterocycles. The summed E-state index contributed by atoms with van der Waals surface area (Å²) in [6.07, 6.45) is 3.13. The molecular weight excluding hydrogens is 236 g/mol. The summed E-state index contributed by atoms with van der Waals surface area (Å²) in [5.74, 6) is 0.375. The first kappa shape index (κ1) is 10.1. The molecule has 5 nitrogen and oxygen atoms in total. The van der Waals surface area contributed by atoms with E-state index in [1.165, 1.54) is 11.8 Å². The quantitative estimate of drug-likeness (QED) is 0.745. The zero-order valence-corrected chi connectivity index (χ0v) is 9.52. The van der Waals surface area contributed by atoms with Crippen LogP contribution in [-0.2, 0) is 0 Å². The van der Waals surface area contributed by atoms with E-state index in [0.29, 0.717) is 16.1 Å². The van der Waals surface area contributed by atoms with Crippen LogP contribution in [0.25, 0.3) is 11.1 Å². The first-order valence-corrected chi connectivity index (χ1v) is 5.74. The molecule has 0 unspecified atom stereocenters. The third-order valence-electron chi connectivity index (χ3n) is 2.15. The molecular formula is C11H8N4OS. The Bertz CT molecular complexity index is 634. The number of para-hydroxylation sites is 2. The van der Waals surface area contributed by atoms with Gasteiger partial charge in [-0.15, -0.1) is 0 Å². The second-order valence-corrected chi connectivity index (χ2v) is 4.24. The van der Waals surface area contributed by atoms with Crippen LogP contribution in [0.5, 0.6) is 0 Å². The summed E-state index contributed by atoms with van der Waals surface area (Å²) in [5, 5.41) is 1.11. The lowest BCUT2D eigenvalue weighted by molar-refractivity contribution is 0.489. The van der Waals surface area contributed by atoms with Crippen molar-refractivity contribution in [2.24, 2.45) is 0 Å². The summed E-state index contributed by atoms with van der Waals surface area (Å²) in [4.78, 5) is 12.4. The van der Waals surface area contributed by atoms with Crippen molar-refractivity contribution < 1.29 is 4.42 Å². The molecule has 84 valence electrons. The van der Waals surface area contributed by atoms with E-state index in [-0.39, 0.29) is 0 Å². The van der Waals surface area contributed by atoms with Gasteiger partial charge < -0.3 is 10.2 Å². The number of anilines is 1. The summed E-state index contributed by atoms with van der Waals surface area (Å²) in [6, 6.07) is 7.57. The van der Waals surface area contributed by atoms with Gasteiger partial charge in [0.05, 0.1) is 0 Å². The number of hydrogen-bond acceptors (Lipinski definition) is 6. The van der Waals surface area contributed by atoms with Gasteiger partial charge in [-0.2, -0.15) is 0 Å². The van der Waals surface area contributed by atoms with Gasteiger partial charge in [0.15, 0.2) is 11.4 Å². The van der Waals surface area contributed by atoms with E-state index in [1.807, 2.05) is 24.3 Å². The van der Waals surface area contributed by atoms with Crippen molar-refractivity contribution >= 4 is 28.7 Å². The predicted molar refractivity (Wildman–Crippen MR) is 64.6 cm³/mol. The van der Waals surface area contributed by atoms with Crippen LogP contribution in [0.1, 0.15) is 0 Å². The molecule has 0 aliphatic heterocycles. The van der Waals surface area contributed by atoms with Crippen LogP contribution in [0.15, 0.2) is 51.3 Å². The molecule has 0 fully saturated rings. The van der Waals surface area contributed by atoms with E-state index >= 15 is 0 Å². The largest absolute Gasteiger partial charge is 0.431 e. The van der Waals surface area contributed by atoms with E-state index in [9.17, 15) is 0 Å². The van der Waals surface area contributed by atoms with Crippen LogP contribution < -0.4 is 5.73 Å². The molecule has 0 saturated heterocycles. The lowest BCUT2D eigenvalue weighted by Crippen LogP contribution is -1.94. The van der Waals surface area contributed by atoms with Gasteiger partial charge in [-0.05, 0) is 23.9 Å². The number of nitrogens with two attached hydrogens (primary N) is 1. The second-order valence-electron chi connectivity index (χ2n) is 3.30. The smallest absolute Gasteiger partial charge is 0.263 e. The van der Waals surface area contributed by atoms with E-state index < -0.39 is 0 Å². The summed E-state index contributed by atoms with van der Waals surface area (Å²) in [6.45, 7) is 0. The Labute approximate surface area is 101 Å². The summed E-state index contributed by atoms with van der Waals surface area (Å²) < 4.78 is 5.56. The Kier molecular flexibility index (Phi) is 2.41. The average molecular weight is 244 g/mol. The predicted octanol–water partition coefficient (Wildman–Crippen LogP) is 2.35. The molecule has 3 rings (SSSR count). The first-order valence-electron chi connectivity index (χ1n) is 4.93. The highest BCUT2D eigenvalue weighted by atomic mass is 32.2. The first-order chi connectivity index (χ1) is 8.33. The maximum atomic E-state index is 5.70. The molecule has 0 amide bonds. The monoisotopic (exact) mass is 244 g/mol. The topological polar surface area (TPSA) is 77.8 Å². The molecule has 0 aliphatic carbocycles. The van der Waals surface area contributed by atoms with Crippen LogP contribution in [0.2, 0.25) is 0 Å². The van der Waals surface area contributed by atoms with Gasteiger partial charge in [-0.3, -0.25) is 0 Å². The van der Waals surface area contributed by atoms with Crippen molar-refractivity contribution in [2.75, 3.05) is 5.73 Å². The van der Waals surface area contributed by atoms with Gasteiger partial charge in [-0.1, -0.05) is 12.1 Å². The number of nitrogens with zero attached hydrogens (tertiary/aromatic N) is 3. The molecule has 17 heavy (non-hydrogen) atoms. The SMILES string of the molecule is Nc1nccnc1Sc1nc2ccccc2o1. The number of nitrogen functional groups attached to an aromatic ring is 1. The minimum Gasteiger partial charge on any atom is -0.431 e. The molecule has 0 bridgehead atoms. The molecule has 3 aromatic rings. The van der Waals surface area contributed by atoms with Crippen LogP contribution in [-0.4, -0.2) is 15.0 Å². The standard InChI is InChI=1S/C11H8N4OS/c12-9-10(14-6-5-13-9)17-11-15-7-3-1-2-4-8(7)16-11/h1-6H,(H2,12,13). The number of fused-ring (bicyclic) bond motifs is 1. The second kappa shape index (κ2) is 4.06. The highest BCUT2D eigenvalue weighted by molar-refractivity contribution is 7.99. The number of aromatic nitrogens is 3. The average Bonchev–Trinajstić information content (AvgIpc) is 2.74. The van der Waals surface area contributed by atoms with Crippen molar-refractivity contribution in [1.82, 2.24) is 15.0 Å². The number of benzene rings is 1. The maximum absolute atomic E-state index is 5.70. The molecule has 2 heterocycles. The number of oxazole rings is 1. The molecule has 0 saturated carbocycles. The van der Waals surface area contributed by atoms with Crippen molar-refractivity contribution in [2.45, 2.75) is 10.2 Å². The molecule has 0 atom stereocenters. The maximum Gasteiger partial charge on any atom is 0.263 e. The molecule has 1 aromatic carbocycles. The number of hydrogen-bond donors (Lipinski definition) is 1. The van der Waals surface area contributed by atoms with E-state index in [2.05, 4.69) is 15.0 Å². The summed E-state index contributed by atoms with van der Waals surface area (Å²) in [7, 11) is 0. The van der Waals surface area contributed by atoms with Crippen molar-refractivity contribution in [3.05, 3.63) is 36.7 Å². The zero-order valence-electron chi connectivity index (χ0n) is 8.70. The molecule has 6 heteroatoms. The molecule has 0 radical (unpaired) electrons. The fourth-order valence-corrected chi connectivity index (χ4v) is 2.10. The van der Waals surface area contributed by atoms with Crippen LogP contribution in [0.4, 0.5) is 5.82 Å². The minimum atomic E-state index is 0.375. The fraction of sp³-hybridized carbons (Fsp3) is 0. The van der Waals surface area contributed by atoms with Crippen molar-refractivity contribution in [3.8, 4) is 0 Å². The van der Waals surface area contributed by atoms with Gasteiger partial charge in [-0.25, -0.2) is 15.0 Å². The van der Waals surface area contributed by atoms with Crippen LogP contribution in [0, 0.1) is 0 Å². The third-order valence-corrected chi connectivity index (χ3v) is 3.01. The van der Waals surface area contributed by atoms with Gasteiger partial charge in [0, 0.05) is 12.4 Å². The van der Waals surface area contributed by atoms with E-state index in [0.717, 1.165) is 11.1 Å². The van der Waals surface area contributed by atoms with Crippen LogP contribution in [0.3, 0.4) is 0 Å². The molecule has 2 N–H and O–H groups in total. The van der Waals surface area contributed by atoms with Gasteiger partial charge in [0.2, 0.25) is 0 Å². The summed E-state index contributed by atoms with van der Waals surface area (Å²) in [5.41, 5.74) is 7.26. The summed E-state index contributed by atoms with van der Waals surface area (Å²) >= 11 is 1.26. The Balaban J connectivity index is 1.98. The molecule has 0 spiro atoms. The Morgan fingerprint density at radius 1 is 1.12 bits per heavy atom. The Hall–Kier alpha value is -2.08. The highest BCUT2D eigenvalue weighted by Gasteiger charge is 2.10. The fourth-order valence-electron chi connectivity index (χ4n) is 1.39. The lowest BCUT2D eigenvalue weighted by atomic mass is 10.3. The van der Waals surface area contributed by atoms with Crippen molar-refractivity contribution in [1.29, 1.82) is 0 Å². The Morgan fingerprint density at radius 2 is 1.94 bits per heavy atom. The highest BCUT2D eigenvalue weighted by Crippen LogP contribution is 2.30. The molecule has 0 aliphatic rings. The third kappa shape index (κ3) is 1.94. The van der Waals surface area contributed by atoms with E-state index in [4.69, 9.17) is 10.2 Å². The van der Waals surface area contributed by atoms with Crippen LogP contribution >= 0.6 is 11.8 Å². The number of rotatable bonds is 2.